The van der Waals surface area contributed by atoms with E-state index >= 15 is 0 Å². The lowest BCUT2D eigenvalue weighted by atomic mass is 9.92. The molecule has 0 radical (unpaired) electrons. The molecule has 0 saturated heterocycles. The molecule has 1 fully saturated rings. The van der Waals surface area contributed by atoms with Crippen molar-refractivity contribution < 1.29 is 17.6 Å². The summed E-state index contributed by atoms with van der Waals surface area (Å²) in [5, 5.41) is 1.90. The Morgan fingerprint density at radius 1 is 1.15 bits per heavy atom. The molecule has 1 amide bonds. The quantitative estimate of drug-likeness (QED) is 0.800. The summed E-state index contributed by atoms with van der Waals surface area (Å²) in [5.41, 5.74) is 0. The lowest BCUT2D eigenvalue weighted by molar-refractivity contribution is -0.126. The van der Waals surface area contributed by atoms with Crippen LogP contribution in [0.25, 0.3) is 0 Å². The first-order valence-corrected chi connectivity index (χ1v) is 10.6. The SMILES string of the molecule is CC(C(=O)NCC(c1ccco1)S(=O)(=O)c1ccccc1)C1CCCC1. The minimum atomic E-state index is -3.67. The van der Waals surface area contributed by atoms with Gasteiger partial charge in [0.1, 0.15) is 11.0 Å². The highest BCUT2D eigenvalue weighted by Gasteiger charge is 2.33. The number of benzene rings is 1. The number of hydrogen-bond donors (Lipinski definition) is 1. The van der Waals surface area contributed by atoms with Gasteiger partial charge in [-0.15, -0.1) is 0 Å². The molecule has 1 aliphatic carbocycles. The van der Waals surface area contributed by atoms with Crippen LogP contribution in [0.4, 0.5) is 0 Å². The van der Waals surface area contributed by atoms with Gasteiger partial charge in [-0.05, 0) is 43.0 Å². The maximum atomic E-state index is 13.1. The highest BCUT2D eigenvalue weighted by atomic mass is 32.2. The van der Waals surface area contributed by atoms with E-state index in [-0.39, 0.29) is 23.3 Å². The van der Waals surface area contributed by atoms with E-state index in [1.807, 2.05) is 6.92 Å². The van der Waals surface area contributed by atoms with Gasteiger partial charge < -0.3 is 9.73 Å². The molecule has 1 heterocycles. The second kappa shape index (κ2) is 8.08. The molecule has 2 atom stereocenters. The van der Waals surface area contributed by atoms with Gasteiger partial charge >= 0.3 is 0 Å². The highest BCUT2D eigenvalue weighted by molar-refractivity contribution is 7.91. The molecular formula is C20H25NO4S. The molecule has 140 valence electrons. The fourth-order valence-electron chi connectivity index (χ4n) is 3.64. The molecule has 0 aliphatic heterocycles. The average Bonchev–Trinajstić information content (AvgIpc) is 3.35. The predicted octanol–water partition coefficient (Wildman–Crippen LogP) is 3.74. The number of furan rings is 1. The Bertz CT molecular complexity index is 809. The lowest BCUT2D eigenvalue weighted by Crippen LogP contribution is -2.37. The third kappa shape index (κ3) is 4.01. The first-order valence-electron chi connectivity index (χ1n) is 9.10. The fraction of sp³-hybridized carbons (Fsp3) is 0.450. The Morgan fingerprint density at radius 3 is 2.46 bits per heavy atom. The second-order valence-electron chi connectivity index (χ2n) is 6.94. The van der Waals surface area contributed by atoms with Crippen LogP contribution in [-0.2, 0) is 14.6 Å². The molecule has 0 bridgehead atoms. The van der Waals surface area contributed by atoms with Gasteiger partial charge in [0.2, 0.25) is 5.91 Å². The first-order chi connectivity index (χ1) is 12.5. The molecule has 2 aromatic rings. The van der Waals surface area contributed by atoms with Gasteiger partial charge in [0.05, 0.1) is 11.2 Å². The zero-order valence-electron chi connectivity index (χ0n) is 14.9. The van der Waals surface area contributed by atoms with Gasteiger partial charge in [0.15, 0.2) is 9.84 Å². The maximum absolute atomic E-state index is 13.1. The number of nitrogens with one attached hydrogen (secondary N) is 1. The van der Waals surface area contributed by atoms with Crippen LogP contribution < -0.4 is 5.32 Å². The molecule has 5 nitrogen and oxygen atoms in total. The molecule has 1 aromatic carbocycles. The molecular weight excluding hydrogens is 350 g/mol. The average molecular weight is 375 g/mol. The molecule has 1 aliphatic rings. The standard InChI is InChI=1S/C20H25NO4S/c1-15(16-8-5-6-9-16)20(22)21-14-19(18-12-7-13-25-18)26(23,24)17-10-3-2-4-11-17/h2-4,7,10-13,15-16,19H,5-6,8-9,14H2,1H3,(H,21,22). The Balaban J connectivity index is 1.76. The minimum absolute atomic E-state index is 0.000629. The van der Waals surface area contributed by atoms with E-state index in [1.54, 1.807) is 42.5 Å². The summed E-state index contributed by atoms with van der Waals surface area (Å²) in [6.07, 6.45) is 5.92. The van der Waals surface area contributed by atoms with E-state index in [1.165, 1.54) is 19.1 Å². The topological polar surface area (TPSA) is 76.4 Å². The number of rotatable bonds is 7. The Hall–Kier alpha value is -2.08. The molecule has 3 rings (SSSR count). The van der Waals surface area contributed by atoms with Crippen molar-refractivity contribution in [2.24, 2.45) is 11.8 Å². The third-order valence-corrected chi connectivity index (χ3v) is 7.37. The molecule has 6 heteroatoms. The van der Waals surface area contributed by atoms with Crippen LogP contribution in [0.1, 0.15) is 43.6 Å². The van der Waals surface area contributed by atoms with Gasteiger partial charge in [0.25, 0.3) is 0 Å². The van der Waals surface area contributed by atoms with Crippen LogP contribution in [0.2, 0.25) is 0 Å². The summed E-state index contributed by atoms with van der Waals surface area (Å²) in [7, 11) is -3.67. The summed E-state index contributed by atoms with van der Waals surface area (Å²) >= 11 is 0. The zero-order valence-corrected chi connectivity index (χ0v) is 15.7. The van der Waals surface area contributed by atoms with Crippen LogP contribution in [-0.4, -0.2) is 20.9 Å². The molecule has 1 N–H and O–H groups in total. The van der Waals surface area contributed by atoms with Crippen LogP contribution >= 0.6 is 0 Å². The molecule has 0 spiro atoms. The summed E-state index contributed by atoms with van der Waals surface area (Å²) in [6.45, 7) is 1.93. The van der Waals surface area contributed by atoms with Crippen molar-refractivity contribution in [2.75, 3.05) is 6.54 Å². The number of carbonyl (C=O) groups excluding carboxylic acids is 1. The first kappa shape index (κ1) is 18.7. The highest BCUT2D eigenvalue weighted by Crippen LogP contribution is 2.32. The fourth-order valence-corrected chi connectivity index (χ4v) is 5.25. The van der Waals surface area contributed by atoms with Gasteiger partial charge in [-0.25, -0.2) is 8.42 Å². The Labute approximate surface area is 154 Å². The smallest absolute Gasteiger partial charge is 0.223 e. The van der Waals surface area contributed by atoms with E-state index in [0.717, 1.165) is 12.8 Å². The van der Waals surface area contributed by atoms with E-state index in [2.05, 4.69) is 5.32 Å². The summed E-state index contributed by atoms with van der Waals surface area (Å²) in [6, 6.07) is 11.6. The van der Waals surface area contributed by atoms with Crippen molar-refractivity contribution in [3.8, 4) is 0 Å². The van der Waals surface area contributed by atoms with Crippen LogP contribution in [0, 0.1) is 11.8 Å². The van der Waals surface area contributed by atoms with Crippen LogP contribution in [0.15, 0.2) is 58.0 Å². The van der Waals surface area contributed by atoms with Crippen LogP contribution in [0.3, 0.4) is 0 Å². The number of sulfone groups is 1. The molecule has 1 aromatic heterocycles. The van der Waals surface area contributed by atoms with E-state index in [0.29, 0.717) is 11.7 Å². The maximum Gasteiger partial charge on any atom is 0.223 e. The number of amides is 1. The van der Waals surface area contributed by atoms with Gasteiger partial charge in [-0.2, -0.15) is 0 Å². The summed E-state index contributed by atoms with van der Waals surface area (Å²) in [5.74, 6) is 0.538. The van der Waals surface area contributed by atoms with E-state index < -0.39 is 15.1 Å². The van der Waals surface area contributed by atoms with Crippen molar-refractivity contribution in [3.05, 3.63) is 54.5 Å². The van der Waals surface area contributed by atoms with E-state index in [4.69, 9.17) is 4.42 Å². The van der Waals surface area contributed by atoms with Crippen molar-refractivity contribution in [3.63, 3.8) is 0 Å². The largest absolute Gasteiger partial charge is 0.468 e. The second-order valence-corrected chi connectivity index (χ2v) is 9.07. The van der Waals surface area contributed by atoms with Crippen LogP contribution in [0.5, 0.6) is 0 Å². The third-order valence-electron chi connectivity index (χ3n) is 5.29. The monoisotopic (exact) mass is 375 g/mol. The normalized spacial score (nSPS) is 17.7. The lowest BCUT2D eigenvalue weighted by Gasteiger charge is -2.21. The summed E-state index contributed by atoms with van der Waals surface area (Å²) in [4.78, 5) is 12.8. The summed E-state index contributed by atoms with van der Waals surface area (Å²) < 4.78 is 31.5. The predicted molar refractivity (Wildman–Crippen MR) is 99.2 cm³/mol. The van der Waals surface area contributed by atoms with E-state index in [9.17, 15) is 13.2 Å². The number of carbonyl (C=O) groups is 1. The molecule has 2 unspecified atom stereocenters. The number of hydrogen-bond acceptors (Lipinski definition) is 4. The van der Waals surface area contributed by atoms with Crippen molar-refractivity contribution in [2.45, 2.75) is 42.8 Å². The van der Waals surface area contributed by atoms with Gasteiger partial charge in [-0.1, -0.05) is 38.0 Å². The minimum Gasteiger partial charge on any atom is -0.468 e. The van der Waals surface area contributed by atoms with Crippen molar-refractivity contribution in [1.29, 1.82) is 0 Å². The van der Waals surface area contributed by atoms with Gasteiger partial charge in [0, 0.05) is 12.5 Å². The van der Waals surface area contributed by atoms with Gasteiger partial charge in [-0.3, -0.25) is 4.79 Å². The Kier molecular flexibility index (Phi) is 5.81. The molecule has 1 saturated carbocycles. The van der Waals surface area contributed by atoms with Crippen molar-refractivity contribution >= 4 is 15.7 Å². The Morgan fingerprint density at radius 2 is 1.85 bits per heavy atom. The zero-order chi connectivity index (χ0) is 18.6. The van der Waals surface area contributed by atoms with Crippen molar-refractivity contribution in [1.82, 2.24) is 5.32 Å². The molecule has 26 heavy (non-hydrogen) atoms.